The molecule has 0 radical (unpaired) electrons. The Balaban J connectivity index is 1.31. The average molecular weight is 672 g/mol. The van der Waals surface area contributed by atoms with Gasteiger partial charge in [-0.25, -0.2) is 4.79 Å². The van der Waals surface area contributed by atoms with Crippen LogP contribution >= 0.6 is 0 Å². The Hall–Kier alpha value is -5.09. The Morgan fingerprint density at radius 1 is 1.08 bits per heavy atom. The van der Waals surface area contributed by atoms with Crippen LogP contribution in [-0.2, 0) is 25.6 Å². The number of halogens is 1. The third-order valence-corrected chi connectivity index (χ3v) is 8.90. The lowest BCUT2D eigenvalue weighted by atomic mass is 9.65. The van der Waals surface area contributed by atoms with Crippen molar-refractivity contribution in [1.29, 1.82) is 0 Å². The summed E-state index contributed by atoms with van der Waals surface area (Å²) in [5.74, 6) is -3.33. The number of hydrogen-bond acceptors (Lipinski definition) is 13. The number of ether oxygens (including phenoxy) is 6. The van der Waals surface area contributed by atoms with Gasteiger partial charge in [0.2, 0.25) is 18.4 Å². The largest absolute Gasteiger partial charge is 0.502 e. The molecule has 48 heavy (non-hydrogen) atoms. The van der Waals surface area contributed by atoms with E-state index in [0.29, 0.717) is 28.2 Å². The highest BCUT2D eigenvalue weighted by atomic mass is 19.1. The van der Waals surface area contributed by atoms with Crippen LogP contribution in [0.3, 0.4) is 0 Å². The minimum absolute atomic E-state index is 0.00393. The van der Waals surface area contributed by atoms with Crippen molar-refractivity contribution >= 4 is 11.9 Å². The topological polar surface area (TPSA) is 197 Å². The molecule has 6 rings (SSSR count). The Morgan fingerprint density at radius 2 is 1.75 bits per heavy atom. The second kappa shape index (κ2) is 13.2. The molecule has 2 aromatic carbocycles. The molecule has 6 atom stereocenters. The number of nitrogens with one attached hydrogen (secondary N) is 2. The number of phenols is 1. The van der Waals surface area contributed by atoms with Crippen LogP contribution in [-0.4, -0.2) is 78.1 Å². The second-order valence-corrected chi connectivity index (χ2v) is 11.7. The molecular weight excluding hydrogens is 637 g/mol. The number of aromatic amines is 1. The number of hydrogen-bond donors (Lipinski definition) is 4. The number of nitrogens with zero attached hydrogens (tertiary/aromatic N) is 1. The highest BCUT2D eigenvalue weighted by molar-refractivity contribution is 5.80. The number of carbonyl (C=O) groups is 2. The maximum absolute atomic E-state index is 13.6. The van der Waals surface area contributed by atoms with Crippen molar-refractivity contribution in [2.45, 2.75) is 44.0 Å². The molecule has 16 heteroatoms. The fraction of sp³-hybridized carbons (Fsp3) is 0.438. The van der Waals surface area contributed by atoms with Gasteiger partial charge in [-0.05, 0) is 54.3 Å². The van der Waals surface area contributed by atoms with Gasteiger partial charge in [0.25, 0.3) is 5.56 Å². The first-order valence-corrected chi connectivity index (χ1v) is 15.2. The van der Waals surface area contributed by atoms with Crippen LogP contribution in [0.1, 0.15) is 42.0 Å². The monoisotopic (exact) mass is 671 g/mol. The van der Waals surface area contributed by atoms with E-state index in [1.165, 1.54) is 21.1 Å². The molecule has 3 aliphatic rings. The Labute approximate surface area is 272 Å². The summed E-state index contributed by atoms with van der Waals surface area (Å²) in [7, 11) is 2.80. The Bertz CT molecular complexity index is 1830. The zero-order valence-corrected chi connectivity index (χ0v) is 26.2. The quantitative estimate of drug-likeness (QED) is 0.167. The molecule has 256 valence electrons. The number of esters is 2. The van der Waals surface area contributed by atoms with E-state index in [1.54, 1.807) is 24.3 Å². The van der Waals surface area contributed by atoms with Crippen LogP contribution in [0.2, 0.25) is 0 Å². The van der Waals surface area contributed by atoms with Gasteiger partial charge in [-0.15, -0.1) is 0 Å². The van der Waals surface area contributed by atoms with Gasteiger partial charge in [-0.3, -0.25) is 29.3 Å². The van der Waals surface area contributed by atoms with Crippen LogP contribution in [0.15, 0.2) is 40.1 Å². The van der Waals surface area contributed by atoms with Gasteiger partial charge >= 0.3 is 17.6 Å². The number of rotatable bonds is 11. The van der Waals surface area contributed by atoms with Gasteiger partial charge in [-0.1, -0.05) is 0 Å². The van der Waals surface area contributed by atoms with E-state index in [2.05, 4.69) is 5.32 Å². The van der Waals surface area contributed by atoms with E-state index in [9.17, 15) is 33.8 Å². The second-order valence-electron chi connectivity index (χ2n) is 11.7. The van der Waals surface area contributed by atoms with Crippen molar-refractivity contribution in [3.63, 3.8) is 0 Å². The van der Waals surface area contributed by atoms with Gasteiger partial charge in [0.05, 0.1) is 45.7 Å². The number of fused-ring (bicyclic) bond motifs is 3. The van der Waals surface area contributed by atoms with Gasteiger partial charge in [0, 0.05) is 24.4 Å². The van der Waals surface area contributed by atoms with Crippen LogP contribution in [0.5, 0.6) is 28.7 Å². The first-order chi connectivity index (χ1) is 23.0. The highest BCUT2D eigenvalue weighted by Crippen LogP contribution is 2.55. The van der Waals surface area contributed by atoms with Gasteiger partial charge in [0.1, 0.15) is 6.04 Å². The molecule has 0 saturated carbocycles. The first-order valence-electron chi connectivity index (χ1n) is 15.2. The molecule has 3 heterocycles. The zero-order valence-electron chi connectivity index (χ0n) is 26.2. The molecule has 1 aliphatic carbocycles. The molecule has 1 saturated heterocycles. The summed E-state index contributed by atoms with van der Waals surface area (Å²) in [6, 6.07) is 4.81. The standard InChI is InChI=1S/C32H34FN3O12/c1-14(37)26(31(41)45-6-4-5-36-11-19(33)29(39)35-32(36)42)34-27-17-10-21-20(47-13-48-21)9-16(17)24(25-18(27)12-46-30(25)40)15-7-22(43-2)28(38)23(8-15)44-3/h7-11,14,18,24-27,34,37-38H,4-6,12-13H2,1-3H3,(H,35,39,42)/t14-,18+,24-,25+,26+,27-/m1/s1. The summed E-state index contributed by atoms with van der Waals surface area (Å²) < 4.78 is 47.7. The smallest absolute Gasteiger partial charge is 0.328 e. The highest BCUT2D eigenvalue weighted by Gasteiger charge is 2.53. The molecule has 4 N–H and O–H groups in total. The Morgan fingerprint density at radius 3 is 2.40 bits per heavy atom. The lowest BCUT2D eigenvalue weighted by molar-refractivity contribution is -0.149. The molecular formula is C32H34FN3O12. The number of cyclic esters (lactones) is 1. The van der Waals surface area contributed by atoms with E-state index in [1.807, 2.05) is 4.98 Å². The number of aliphatic hydroxyl groups excluding tert-OH is 1. The van der Waals surface area contributed by atoms with Crippen LogP contribution in [0, 0.1) is 17.7 Å². The number of aromatic hydroxyl groups is 1. The lowest BCUT2D eigenvalue weighted by Crippen LogP contribution is -2.51. The predicted molar refractivity (Wildman–Crippen MR) is 162 cm³/mol. The normalized spacial score (nSPS) is 21.9. The van der Waals surface area contributed by atoms with E-state index < -0.39 is 64.9 Å². The first kappa shape index (κ1) is 32.8. The van der Waals surface area contributed by atoms with Gasteiger partial charge in [0.15, 0.2) is 23.0 Å². The van der Waals surface area contributed by atoms with Gasteiger partial charge in [-0.2, -0.15) is 4.39 Å². The number of carbonyl (C=O) groups excluding carboxylic acids is 2. The average Bonchev–Trinajstić information content (AvgIpc) is 3.68. The number of methoxy groups -OCH3 is 2. The molecule has 0 spiro atoms. The SMILES string of the molecule is COc1cc([C@@H]2c3cc4c(cc3[C@@H](N[C@H](C(=O)OCCCn3cc(F)c(=O)[nH]c3=O)[C@@H](C)O)[C@H]3COC(=O)[C@H]23)OCO4)cc(OC)c1O. The minimum Gasteiger partial charge on any atom is -0.502 e. The van der Waals surface area contributed by atoms with Crippen molar-refractivity contribution in [1.82, 2.24) is 14.9 Å². The Kier molecular flexibility index (Phi) is 9.03. The summed E-state index contributed by atoms with van der Waals surface area (Å²) in [4.78, 5) is 51.9. The lowest BCUT2D eigenvalue weighted by Gasteiger charge is -2.41. The molecule has 3 aromatic rings. The third kappa shape index (κ3) is 5.92. The molecule has 0 amide bonds. The maximum atomic E-state index is 13.6. The molecule has 1 fully saturated rings. The molecule has 2 aliphatic heterocycles. The molecule has 0 unspecified atom stereocenters. The maximum Gasteiger partial charge on any atom is 0.328 e. The fourth-order valence-corrected chi connectivity index (χ4v) is 6.61. The summed E-state index contributed by atoms with van der Waals surface area (Å²) in [6.07, 6.45) is -0.368. The molecule has 1 aromatic heterocycles. The number of aryl methyl sites for hydroxylation is 1. The van der Waals surface area contributed by atoms with Crippen molar-refractivity contribution in [2.75, 3.05) is 34.2 Å². The number of phenolic OH excluding ortho intramolecular Hbond substituents is 1. The van der Waals surface area contributed by atoms with Crippen molar-refractivity contribution in [3.05, 3.63) is 73.8 Å². The molecule has 15 nitrogen and oxygen atoms in total. The minimum atomic E-state index is -1.26. The van der Waals surface area contributed by atoms with E-state index >= 15 is 0 Å². The van der Waals surface area contributed by atoms with E-state index in [0.717, 1.165) is 10.8 Å². The number of aromatic nitrogens is 2. The predicted octanol–water partition coefficient (Wildman–Crippen LogP) is 1.08. The van der Waals surface area contributed by atoms with Crippen molar-refractivity contribution in [3.8, 4) is 28.7 Å². The van der Waals surface area contributed by atoms with E-state index in [-0.39, 0.29) is 50.2 Å². The summed E-state index contributed by atoms with van der Waals surface area (Å²) >= 11 is 0. The molecule has 0 bridgehead atoms. The van der Waals surface area contributed by atoms with Crippen molar-refractivity contribution < 1.29 is 52.6 Å². The summed E-state index contributed by atoms with van der Waals surface area (Å²) in [6.45, 7) is 1.17. The third-order valence-electron chi connectivity index (χ3n) is 8.90. The van der Waals surface area contributed by atoms with Crippen molar-refractivity contribution in [2.24, 2.45) is 11.8 Å². The van der Waals surface area contributed by atoms with Crippen LogP contribution in [0.4, 0.5) is 4.39 Å². The number of benzene rings is 2. The van der Waals surface area contributed by atoms with E-state index in [4.69, 9.17) is 28.4 Å². The number of H-pyrrole nitrogens is 1. The number of aliphatic hydroxyl groups is 1. The van der Waals surface area contributed by atoms with Crippen LogP contribution < -0.4 is 35.5 Å². The van der Waals surface area contributed by atoms with Gasteiger partial charge < -0.3 is 38.6 Å². The summed E-state index contributed by atoms with van der Waals surface area (Å²) in [5, 5.41) is 24.5. The fourth-order valence-electron chi connectivity index (χ4n) is 6.61. The van der Waals surface area contributed by atoms with Crippen LogP contribution in [0.25, 0.3) is 0 Å². The summed E-state index contributed by atoms with van der Waals surface area (Å²) in [5.41, 5.74) is -0.0247. The zero-order chi connectivity index (χ0) is 34.3.